The molecule has 0 spiro atoms. The van der Waals surface area contributed by atoms with Crippen LogP contribution in [-0.4, -0.2) is 16.2 Å². The Kier molecular flexibility index (Phi) is 1.97. The van der Waals surface area contributed by atoms with Crippen LogP contribution in [0.15, 0.2) is 43.0 Å². The molecule has 0 saturated carbocycles. The molecular formula is C12H13N3O. The van der Waals surface area contributed by atoms with Crippen molar-refractivity contribution in [1.82, 2.24) is 9.55 Å². The number of anilines is 1. The Balaban J connectivity index is 1.86. The van der Waals surface area contributed by atoms with Gasteiger partial charge in [-0.05, 0) is 17.7 Å². The second-order valence-corrected chi connectivity index (χ2v) is 4.14. The molecule has 1 aromatic carbocycles. The van der Waals surface area contributed by atoms with Gasteiger partial charge in [-0.25, -0.2) is 4.98 Å². The molecule has 1 atom stereocenters. The van der Waals surface area contributed by atoms with Crippen molar-refractivity contribution in [2.24, 2.45) is 0 Å². The molecule has 1 aliphatic rings. The Hall–Kier alpha value is -1.81. The molecule has 0 radical (unpaired) electrons. The second kappa shape index (κ2) is 3.35. The number of aromatic nitrogens is 2. The van der Waals surface area contributed by atoms with E-state index in [1.54, 1.807) is 12.5 Å². The number of nitrogens with zero attached hydrogens (tertiary/aromatic N) is 2. The number of imidazole rings is 1. The summed E-state index contributed by atoms with van der Waals surface area (Å²) in [5.74, 6) is 0. The third-order valence-corrected chi connectivity index (χ3v) is 2.93. The van der Waals surface area contributed by atoms with E-state index in [2.05, 4.69) is 4.98 Å². The molecule has 0 amide bonds. The Labute approximate surface area is 93.7 Å². The van der Waals surface area contributed by atoms with Crippen molar-refractivity contribution in [3.63, 3.8) is 0 Å². The maximum Gasteiger partial charge on any atom is 0.134 e. The van der Waals surface area contributed by atoms with E-state index in [0.29, 0.717) is 0 Å². The van der Waals surface area contributed by atoms with Crippen LogP contribution in [0.5, 0.6) is 0 Å². The van der Waals surface area contributed by atoms with Crippen LogP contribution in [0.2, 0.25) is 0 Å². The number of hydrogen-bond donors (Lipinski definition) is 1. The van der Waals surface area contributed by atoms with Gasteiger partial charge in [-0.3, -0.25) is 0 Å². The zero-order valence-electron chi connectivity index (χ0n) is 8.84. The lowest BCUT2D eigenvalue weighted by molar-refractivity contribution is 0.277. The quantitative estimate of drug-likeness (QED) is 0.621. The third kappa shape index (κ3) is 1.57. The minimum Gasteiger partial charge on any atom is -0.399 e. The van der Waals surface area contributed by atoms with Gasteiger partial charge in [0.25, 0.3) is 0 Å². The Morgan fingerprint density at radius 3 is 2.69 bits per heavy atom. The fraction of sp³-hybridized carbons (Fsp3) is 0.250. The lowest BCUT2D eigenvalue weighted by Gasteiger charge is -2.13. The number of hydrogen-bond acceptors (Lipinski definition) is 3. The molecule has 16 heavy (non-hydrogen) atoms. The molecule has 1 fully saturated rings. The first-order valence-electron chi connectivity index (χ1n) is 5.24. The van der Waals surface area contributed by atoms with E-state index in [1.807, 2.05) is 35.0 Å². The summed E-state index contributed by atoms with van der Waals surface area (Å²) in [6.45, 7) is 1.56. The summed E-state index contributed by atoms with van der Waals surface area (Å²) in [5, 5.41) is 0. The van der Waals surface area contributed by atoms with E-state index in [1.165, 1.54) is 5.56 Å². The molecular weight excluding hydrogens is 202 g/mol. The minimum atomic E-state index is -0.172. The van der Waals surface area contributed by atoms with Crippen molar-refractivity contribution < 1.29 is 4.74 Å². The number of epoxide rings is 1. The summed E-state index contributed by atoms with van der Waals surface area (Å²) >= 11 is 0. The van der Waals surface area contributed by atoms with E-state index < -0.39 is 0 Å². The van der Waals surface area contributed by atoms with Gasteiger partial charge in [0.05, 0.1) is 19.5 Å². The van der Waals surface area contributed by atoms with E-state index in [4.69, 9.17) is 10.5 Å². The number of benzene rings is 1. The molecule has 3 rings (SSSR count). The lowest BCUT2D eigenvalue weighted by Crippen LogP contribution is -2.16. The first-order chi connectivity index (χ1) is 7.78. The highest BCUT2D eigenvalue weighted by Gasteiger charge is 2.46. The van der Waals surface area contributed by atoms with Crippen LogP contribution in [0.25, 0.3) is 0 Å². The van der Waals surface area contributed by atoms with Crippen molar-refractivity contribution in [3.8, 4) is 0 Å². The first kappa shape index (κ1) is 9.42. The van der Waals surface area contributed by atoms with Crippen molar-refractivity contribution in [2.75, 3.05) is 12.3 Å². The van der Waals surface area contributed by atoms with E-state index in [0.717, 1.165) is 18.8 Å². The van der Waals surface area contributed by atoms with Crippen molar-refractivity contribution in [3.05, 3.63) is 48.5 Å². The first-order valence-corrected chi connectivity index (χ1v) is 5.24. The lowest BCUT2D eigenvalue weighted by atomic mass is 10.00. The topological polar surface area (TPSA) is 56.4 Å². The van der Waals surface area contributed by atoms with Crippen LogP contribution < -0.4 is 5.73 Å². The van der Waals surface area contributed by atoms with Gasteiger partial charge in [0.2, 0.25) is 0 Å². The van der Waals surface area contributed by atoms with Gasteiger partial charge in [0.15, 0.2) is 0 Å². The predicted molar refractivity (Wildman–Crippen MR) is 60.7 cm³/mol. The Morgan fingerprint density at radius 1 is 1.38 bits per heavy atom. The molecule has 1 aromatic heterocycles. The van der Waals surface area contributed by atoms with Gasteiger partial charge in [-0.2, -0.15) is 0 Å². The fourth-order valence-electron chi connectivity index (χ4n) is 1.90. The molecule has 4 heteroatoms. The molecule has 1 unspecified atom stereocenters. The smallest absolute Gasteiger partial charge is 0.134 e. The summed E-state index contributed by atoms with van der Waals surface area (Å²) in [6, 6.07) is 7.87. The molecule has 0 bridgehead atoms. The highest BCUT2D eigenvalue weighted by Crippen LogP contribution is 2.40. The largest absolute Gasteiger partial charge is 0.399 e. The van der Waals surface area contributed by atoms with Gasteiger partial charge in [0, 0.05) is 18.1 Å². The fourth-order valence-corrected chi connectivity index (χ4v) is 1.90. The monoisotopic (exact) mass is 215 g/mol. The van der Waals surface area contributed by atoms with Crippen LogP contribution in [0, 0.1) is 0 Å². The summed E-state index contributed by atoms with van der Waals surface area (Å²) in [4.78, 5) is 4.03. The van der Waals surface area contributed by atoms with Crippen molar-refractivity contribution in [1.29, 1.82) is 0 Å². The van der Waals surface area contributed by atoms with Gasteiger partial charge in [0.1, 0.15) is 5.60 Å². The third-order valence-electron chi connectivity index (χ3n) is 2.93. The summed E-state index contributed by atoms with van der Waals surface area (Å²) in [7, 11) is 0. The second-order valence-electron chi connectivity index (χ2n) is 4.14. The Morgan fingerprint density at radius 2 is 2.12 bits per heavy atom. The average Bonchev–Trinajstić information content (AvgIpc) is 2.88. The van der Waals surface area contributed by atoms with Gasteiger partial charge in [-0.1, -0.05) is 12.1 Å². The van der Waals surface area contributed by atoms with Crippen molar-refractivity contribution >= 4 is 5.69 Å². The van der Waals surface area contributed by atoms with Crippen molar-refractivity contribution in [2.45, 2.75) is 12.1 Å². The maximum absolute atomic E-state index is 5.67. The Bertz CT molecular complexity index is 471. The standard InChI is InChI=1S/C12H13N3O/c13-11-3-1-10(2-4-11)12(8-16-12)7-15-6-5-14-9-15/h1-6,9H,7-8,13H2. The predicted octanol–water partition coefficient (Wildman–Crippen LogP) is 1.39. The molecule has 2 aromatic rings. The zero-order chi connectivity index (χ0) is 11.0. The molecule has 2 heterocycles. The molecule has 1 aliphatic heterocycles. The zero-order valence-corrected chi connectivity index (χ0v) is 8.84. The molecule has 0 aliphatic carbocycles. The van der Waals surface area contributed by atoms with Crippen LogP contribution in [0.3, 0.4) is 0 Å². The summed E-state index contributed by atoms with van der Waals surface area (Å²) in [5.41, 5.74) is 7.45. The number of nitrogens with two attached hydrogens (primary N) is 1. The highest BCUT2D eigenvalue weighted by molar-refractivity contribution is 5.42. The van der Waals surface area contributed by atoms with Crippen LogP contribution >= 0.6 is 0 Å². The number of ether oxygens (including phenoxy) is 1. The molecule has 4 nitrogen and oxygen atoms in total. The van der Waals surface area contributed by atoms with Gasteiger partial charge in [-0.15, -0.1) is 0 Å². The maximum atomic E-state index is 5.67. The summed E-state index contributed by atoms with van der Waals surface area (Å²) in [6.07, 6.45) is 5.53. The number of nitrogen functional groups attached to an aromatic ring is 1. The SMILES string of the molecule is Nc1ccc(C2(Cn3ccnc3)CO2)cc1. The number of rotatable bonds is 3. The van der Waals surface area contributed by atoms with Crippen LogP contribution in [-0.2, 0) is 16.9 Å². The van der Waals surface area contributed by atoms with E-state index in [-0.39, 0.29) is 5.60 Å². The van der Waals surface area contributed by atoms with Gasteiger partial charge >= 0.3 is 0 Å². The van der Waals surface area contributed by atoms with Crippen LogP contribution in [0.4, 0.5) is 5.69 Å². The molecule has 2 N–H and O–H groups in total. The van der Waals surface area contributed by atoms with E-state index >= 15 is 0 Å². The van der Waals surface area contributed by atoms with E-state index in [9.17, 15) is 0 Å². The minimum absolute atomic E-state index is 0.172. The highest BCUT2D eigenvalue weighted by atomic mass is 16.6. The summed E-state index contributed by atoms with van der Waals surface area (Å²) < 4.78 is 7.64. The molecule has 82 valence electrons. The molecule has 1 saturated heterocycles. The van der Waals surface area contributed by atoms with Gasteiger partial charge < -0.3 is 15.0 Å². The average molecular weight is 215 g/mol. The normalized spacial score (nSPS) is 23.2. The van der Waals surface area contributed by atoms with Crippen LogP contribution in [0.1, 0.15) is 5.56 Å².